The predicted octanol–water partition coefficient (Wildman–Crippen LogP) is 2.69. The Kier molecular flexibility index (Phi) is 3.54. The summed E-state index contributed by atoms with van der Waals surface area (Å²) in [7, 11) is 0. The lowest BCUT2D eigenvalue weighted by atomic mass is 10.1. The first-order valence-electron chi connectivity index (χ1n) is 3.44. The van der Waals surface area contributed by atoms with E-state index in [1.54, 1.807) is 0 Å². The Balaban J connectivity index is 3.12. The van der Waals surface area contributed by atoms with E-state index in [1.807, 2.05) is 28.7 Å². The highest BCUT2D eigenvalue weighted by Crippen LogP contribution is 2.23. The summed E-state index contributed by atoms with van der Waals surface area (Å²) >= 11 is 1.86. The van der Waals surface area contributed by atoms with Gasteiger partial charge < -0.3 is 0 Å². The van der Waals surface area contributed by atoms with Gasteiger partial charge in [-0.1, -0.05) is 0 Å². The van der Waals surface area contributed by atoms with Crippen LogP contribution in [0.2, 0.25) is 0 Å². The van der Waals surface area contributed by atoms with Gasteiger partial charge in [0.2, 0.25) is 0 Å². The van der Waals surface area contributed by atoms with Crippen molar-refractivity contribution >= 4 is 22.6 Å². The summed E-state index contributed by atoms with van der Waals surface area (Å²) < 4.78 is 25.3. The fourth-order valence-corrected chi connectivity index (χ4v) is 1.38. The van der Waals surface area contributed by atoms with Gasteiger partial charge in [-0.15, -0.1) is 0 Å². The molecule has 0 N–H and O–H groups in total. The molecule has 1 rings (SSSR count). The van der Waals surface area contributed by atoms with Crippen molar-refractivity contribution in [3.05, 3.63) is 27.1 Å². The van der Waals surface area contributed by atoms with Gasteiger partial charge in [-0.25, -0.2) is 13.8 Å². The Morgan fingerprint density at radius 1 is 1.62 bits per heavy atom. The van der Waals surface area contributed by atoms with Gasteiger partial charge in [0, 0.05) is 11.8 Å². The van der Waals surface area contributed by atoms with Crippen LogP contribution in [0.15, 0.2) is 12.3 Å². The molecule has 0 aliphatic heterocycles. The molecule has 0 atom stereocenters. The number of alkyl halides is 2. The minimum Gasteiger partial charge on any atom is -0.250 e. The van der Waals surface area contributed by atoms with Crippen LogP contribution >= 0.6 is 22.6 Å². The molecule has 1 heterocycles. The summed E-state index contributed by atoms with van der Waals surface area (Å²) in [6.45, 7) is 0. The third-order valence-corrected chi connectivity index (χ3v) is 2.08. The second kappa shape index (κ2) is 4.46. The van der Waals surface area contributed by atoms with E-state index in [2.05, 4.69) is 4.98 Å². The van der Waals surface area contributed by atoms with E-state index in [9.17, 15) is 8.78 Å². The fraction of sp³-hybridized carbons (Fsp3) is 0.250. The largest absolute Gasteiger partial charge is 0.264 e. The third-order valence-electron chi connectivity index (χ3n) is 1.49. The number of nitrogens with zero attached hydrogens (tertiary/aromatic N) is 2. The molecule has 5 heteroatoms. The summed E-state index contributed by atoms with van der Waals surface area (Å²) in [4.78, 5) is 3.84. The van der Waals surface area contributed by atoms with E-state index in [-0.39, 0.29) is 12.0 Å². The molecule has 0 spiro atoms. The third kappa shape index (κ3) is 2.59. The molecule has 0 aromatic carbocycles. The van der Waals surface area contributed by atoms with Crippen molar-refractivity contribution in [1.82, 2.24) is 4.98 Å². The van der Waals surface area contributed by atoms with Crippen LogP contribution in [0.25, 0.3) is 0 Å². The molecule has 0 aliphatic rings. The number of hydrogen-bond donors (Lipinski definition) is 0. The quantitative estimate of drug-likeness (QED) is 0.621. The normalized spacial score (nSPS) is 10.1. The molecule has 0 fully saturated rings. The van der Waals surface area contributed by atoms with Crippen LogP contribution in [0.4, 0.5) is 8.78 Å². The highest BCUT2D eigenvalue weighted by molar-refractivity contribution is 14.1. The summed E-state index contributed by atoms with van der Waals surface area (Å²) in [5, 5.41) is 8.37. The van der Waals surface area contributed by atoms with Gasteiger partial charge in [-0.3, -0.25) is 0 Å². The van der Waals surface area contributed by atoms with Crippen LogP contribution in [0.5, 0.6) is 0 Å². The first kappa shape index (κ1) is 10.3. The standard InChI is InChI=1S/C8H5F2IN2/c9-8(10)6-3-7(11)13-4-5(6)1-2-12/h3-4,8H,1H2. The number of nitriles is 1. The van der Waals surface area contributed by atoms with Crippen molar-refractivity contribution < 1.29 is 8.78 Å². The van der Waals surface area contributed by atoms with Crippen LogP contribution < -0.4 is 0 Å². The Morgan fingerprint density at radius 2 is 2.31 bits per heavy atom. The highest BCUT2D eigenvalue weighted by Gasteiger charge is 2.13. The second-order valence-corrected chi connectivity index (χ2v) is 3.45. The number of hydrogen-bond acceptors (Lipinski definition) is 2. The fourth-order valence-electron chi connectivity index (χ4n) is 0.908. The van der Waals surface area contributed by atoms with Gasteiger partial charge in [-0.2, -0.15) is 5.26 Å². The summed E-state index contributed by atoms with van der Waals surface area (Å²) in [6, 6.07) is 3.13. The van der Waals surface area contributed by atoms with Crippen molar-refractivity contribution in [2.75, 3.05) is 0 Å². The van der Waals surface area contributed by atoms with Crippen LogP contribution in [0.1, 0.15) is 17.6 Å². The molecule has 0 amide bonds. The molecule has 0 saturated heterocycles. The molecule has 0 radical (unpaired) electrons. The number of rotatable bonds is 2. The van der Waals surface area contributed by atoms with Crippen molar-refractivity contribution in [3.8, 4) is 6.07 Å². The zero-order valence-electron chi connectivity index (χ0n) is 6.47. The highest BCUT2D eigenvalue weighted by atomic mass is 127. The average Bonchev–Trinajstić information content (AvgIpc) is 2.08. The molecular weight excluding hydrogens is 289 g/mol. The Hall–Kier alpha value is -0.770. The van der Waals surface area contributed by atoms with Crippen LogP contribution in [0, 0.1) is 15.0 Å². The lowest BCUT2D eigenvalue weighted by Gasteiger charge is -2.04. The molecule has 0 unspecified atom stereocenters. The average molecular weight is 294 g/mol. The van der Waals surface area contributed by atoms with Crippen molar-refractivity contribution in [1.29, 1.82) is 5.26 Å². The number of pyridine rings is 1. The minimum atomic E-state index is -2.54. The predicted molar refractivity (Wildman–Crippen MR) is 51.2 cm³/mol. The van der Waals surface area contributed by atoms with Crippen molar-refractivity contribution in [2.24, 2.45) is 0 Å². The van der Waals surface area contributed by atoms with Gasteiger partial charge in [0.1, 0.15) is 3.70 Å². The Labute approximate surface area is 87.7 Å². The van der Waals surface area contributed by atoms with E-state index in [4.69, 9.17) is 5.26 Å². The van der Waals surface area contributed by atoms with Crippen LogP contribution in [0.3, 0.4) is 0 Å². The molecule has 0 aliphatic carbocycles. The van der Waals surface area contributed by atoms with E-state index in [0.717, 1.165) is 0 Å². The van der Waals surface area contributed by atoms with Crippen molar-refractivity contribution in [3.63, 3.8) is 0 Å². The molecule has 13 heavy (non-hydrogen) atoms. The molecule has 0 saturated carbocycles. The maximum Gasteiger partial charge on any atom is 0.264 e. The van der Waals surface area contributed by atoms with Crippen molar-refractivity contribution in [2.45, 2.75) is 12.8 Å². The van der Waals surface area contributed by atoms with Gasteiger partial charge in [0.25, 0.3) is 6.43 Å². The smallest absolute Gasteiger partial charge is 0.250 e. The lowest BCUT2D eigenvalue weighted by molar-refractivity contribution is 0.150. The van der Waals surface area contributed by atoms with E-state index < -0.39 is 6.43 Å². The second-order valence-electron chi connectivity index (χ2n) is 2.34. The first-order chi connectivity index (χ1) is 6.15. The van der Waals surface area contributed by atoms with Gasteiger partial charge in [-0.05, 0) is 34.2 Å². The van der Waals surface area contributed by atoms with Crippen LogP contribution in [-0.4, -0.2) is 4.98 Å². The molecule has 2 nitrogen and oxygen atoms in total. The summed E-state index contributed by atoms with van der Waals surface area (Å²) in [5.74, 6) is 0. The summed E-state index contributed by atoms with van der Waals surface area (Å²) in [6.07, 6.45) is -1.24. The SMILES string of the molecule is N#CCc1cnc(I)cc1C(F)F. The molecule has 0 bridgehead atoms. The Bertz CT molecular complexity index is 346. The zero-order chi connectivity index (χ0) is 9.84. The van der Waals surface area contributed by atoms with Gasteiger partial charge in [0.15, 0.2) is 0 Å². The van der Waals surface area contributed by atoms with E-state index in [1.165, 1.54) is 12.3 Å². The maximum absolute atomic E-state index is 12.4. The maximum atomic E-state index is 12.4. The lowest BCUT2D eigenvalue weighted by Crippen LogP contribution is -1.96. The van der Waals surface area contributed by atoms with Gasteiger partial charge >= 0.3 is 0 Å². The minimum absolute atomic E-state index is 0.0242. The molecule has 68 valence electrons. The van der Waals surface area contributed by atoms with Gasteiger partial charge in [0.05, 0.1) is 12.5 Å². The van der Waals surface area contributed by atoms with E-state index >= 15 is 0 Å². The number of halogens is 3. The Morgan fingerprint density at radius 3 is 2.85 bits per heavy atom. The van der Waals surface area contributed by atoms with E-state index in [0.29, 0.717) is 9.26 Å². The monoisotopic (exact) mass is 294 g/mol. The molecular formula is C8H5F2IN2. The zero-order valence-corrected chi connectivity index (χ0v) is 8.62. The summed E-state index contributed by atoms with van der Waals surface area (Å²) in [5.41, 5.74) is 0.207. The first-order valence-corrected chi connectivity index (χ1v) is 4.52. The number of aromatic nitrogens is 1. The molecule has 1 aromatic heterocycles. The topological polar surface area (TPSA) is 36.7 Å². The van der Waals surface area contributed by atoms with Crippen LogP contribution in [-0.2, 0) is 6.42 Å². The molecule has 1 aromatic rings.